The van der Waals surface area contributed by atoms with Crippen LogP contribution in [0.15, 0.2) is 89.6 Å². The van der Waals surface area contributed by atoms with Gasteiger partial charge in [0.15, 0.2) is 10.6 Å². The monoisotopic (exact) mass is 638 g/mol. The molecule has 2 heterocycles. The van der Waals surface area contributed by atoms with Crippen LogP contribution in [-0.4, -0.2) is 37.2 Å². The van der Waals surface area contributed by atoms with Gasteiger partial charge in [-0.15, -0.1) is 29.6 Å². The number of halogens is 4. The predicted molar refractivity (Wildman–Crippen MR) is 164 cm³/mol. The minimum absolute atomic E-state index is 0.251. The van der Waals surface area contributed by atoms with E-state index in [4.69, 9.17) is 0 Å². The maximum Gasteiger partial charge on any atom is 0.573 e. The van der Waals surface area contributed by atoms with E-state index >= 15 is 0 Å². The molecule has 0 radical (unpaired) electrons. The highest BCUT2D eigenvalue weighted by atomic mass is 32.1. The van der Waals surface area contributed by atoms with Crippen molar-refractivity contribution < 1.29 is 27.4 Å². The number of nitrogens with one attached hydrogen (secondary N) is 1. The molecule has 0 fully saturated rings. The van der Waals surface area contributed by atoms with Crippen LogP contribution in [0.1, 0.15) is 42.1 Å². The van der Waals surface area contributed by atoms with Crippen molar-refractivity contribution in [3.05, 3.63) is 112 Å². The van der Waals surface area contributed by atoms with Gasteiger partial charge in [0, 0.05) is 28.4 Å². The summed E-state index contributed by atoms with van der Waals surface area (Å²) in [5.74, 6) is -0.351. The van der Waals surface area contributed by atoms with E-state index in [1.807, 2.05) is 29.0 Å². The lowest BCUT2D eigenvalue weighted by Gasteiger charge is -2.18. The standard InChI is InChI=1S/C32H30F4N6O2S/c1-19(2)28-20(3)6-5-7-27(28)42-21(4)17-45-31(42)39-30(43)37-16-26(33)22-8-10-23(11-9-22)29-38-18-41(40-29)24-12-14-25(15-13-24)44-32(34,35)36/h5-19,30,37,43H,1-4H3/b26-16-,39-31-. The minimum atomic E-state index is -4.78. The fourth-order valence-electron chi connectivity index (χ4n) is 4.86. The number of ether oxygens (including phenoxy) is 1. The third kappa shape index (κ3) is 7.49. The number of aryl methyl sites for hydroxylation is 2. The number of aromatic nitrogens is 4. The van der Waals surface area contributed by atoms with Gasteiger partial charge in [-0.2, -0.15) is 0 Å². The van der Waals surface area contributed by atoms with Crippen LogP contribution in [0.2, 0.25) is 0 Å². The summed E-state index contributed by atoms with van der Waals surface area (Å²) in [5.41, 5.74) is 5.64. The summed E-state index contributed by atoms with van der Waals surface area (Å²) >= 11 is 1.38. The molecule has 5 aromatic rings. The Bertz CT molecular complexity index is 1870. The largest absolute Gasteiger partial charge is 0.573 e. The van der Waals surface area contributed by atoms with Crippen molar-refractivity contribution in [2.75, 3.05) is 0 Å². The zero-order valence-corrected chi connectivity index (χ0v) is 25.6. The molecule has 45 heavy (non-hydrogen) atoms. The lowest BCUT2D eigenvalue weighted by molar-refractivity contribution is -0.274. The number of nitrogens with zero attached hydrogens (tertiary/aromatic N) is 5. The molecule has 0 saturated heterocycles. The van der Waals surface area contributed by atoms with Gasteiger partial charge in [0.2, 0.25) is 6.35 Å². The number of hydrogen-bond donors (Lipinski definition) is 2. The zero-order chi connectivity index (χ0) is 32.3. The van der Waals surface area contributed by atoms with Crippen LogP contribution < -0.4 is 14.9 Å². The van der Waals surface area contributed by atoms with Crippen LogP contribution in [0.3, 0.4) is 0 Å². The number of thiazole rings is 1. The highest BCUT2D eigenvalue weighted by Crippen LogP contribution is 2.28. The summed E-state index contributed by atoms with van der Waals surface area (Å²) in [6.07, 6.45) is -3.70. The molecule has 0 aliphatic carbocycles. The molecule has 1 atom stereocenters. The van der Waals surface area contributed by atoms with Crippen molar-refractivity contribution in [1.82, 2.24) is 24.6 Å². The van der Waals surface area contributed by atoms with Gasteiger partial charge in [0.05, 0.1) is 11.4 Å². The van der Waals surface area contributed by atoms with Gasteiger partial charge >= 0.3 is 6.36 Å². The van der Waals surface area contributed by atoms with Crippen LogP contribution in [-0.2, 0) is 0 Å². The molecule has 0 spiro atoms. The lowest BCUT2D eigenvalue weighted by atomic mass is 9.96. The molecule has 0 aliphatic heterocycles. The van der Waals surface area contributed by atoms with Gasteiger partial charge in [-0.1, -0.05) is 50.2 Å². The molecular weight excluding hydrogens is 608 g/mol. The molecule has 2 aromatic heterocycles. The van der Waals surface area contributed by atoms with Gasteiger partial charge in [-0.3, -0.25) is 4.57 Å². The third-order valence-electron chi connectivity index (χ3n) is 6.84. The normalized spacial score (nSPS) is 13.4. The molecule has 2 N–H and O–H groups in total. The van der Waals surface area contributed by atoms with E-state index in [2.05, 4.69) is 52.0 Å². The Hall–Kier alpha value is -4.75. The Labute approximate surface area is 260 Å². The molecule has 0 bridgehead atoms. The average Bonchev–Trinajstić information content (AvgIpc) is 3.62. The predicted octanol–water partition coefficient (Wildman–Crippen LogP) is 7.16. The highest BCUT2D eigenvalue weighted by Gasteiger charge is 2.31. The molecule has 0 aliphatic rings. The van der Waals surface area contributed by atoms with E-state index in [0.717, 1.165) is 17.6 Å². The summed E-state index contributed by atoms with van der Waals surface area (Å²) in [5, 5.41) is 19.5. The van der Waals surface area contributed by atoms with E-state index in [1.165, 1.54) is 69.9 Å². The van der Waals surface area contributed by atoms with Crippen LogP contribution in [0.4, 0.5) is 17.6 Å². The minimum Gasteiger partial charge on any atom is -0.406 e. The van der Waals surface area contributed by atoms with E-state index in [1.54, 1.807) is 12.1 Å². The molecule has 0 amide bonds. The first-order valence-corrected chi connectivity index (χ1v) is 14.8. The van der Waals surface area contributed by atoms with Crippen molar-refractivity contribution >= 4 is 17.2 Å². The summed E-state index contributed by atoms with van der Waals surface area (Å²) in [4.78, 5) is 9.20. The number of hydrogen-bond acceptors (Lipinski definition) is 7. The maximum atomic E-state index is 15.0. The van der Waals surface area contributed by atoms with Gasteiger partial charge in [-0.05, 0) is 61.2 Å². The van der Waals surface area contributed by atoms with E-state index in [-0.39, 0.29) is 17.2 Å². The SMILES string of the molecule is Cc1cccc(-n2c(C)cs/c2=N\C(O)N/C=C(\F)c2ccc(-c3ncn(-c4ccc(OC(F)(F)F)cc4)n3)cc2)c1C(C)C. The van der Waals surface area contributed by atoms with Gasteiger partial charge < -0.3 is 15.2 Å². The van der Waals surface area contributed by atoms with E-state index in [0.29, 0.717) is 21.9 Å². The van der Waals surface area contributed by atoms with E-state index < -0.39 is 18.5 Å². The lowest BCUT2D eigenvalue weighted by Crippen LogP contribution is -2.27. The highest BCUT2D eigenvalue weighted by molar-refractivity contribution is 7.07. The Balaban J connectivity index is 1.28. The summed E-state index contributed by atoms with van der Waals surface area (Å²) in [7, 11) is 0. The number of aliphatic hydroxyl groups is 1. The molecule has 234 valence electrons. The second-order valence-corrected chi connectivity index (χ2v) is 11.3. The Morgan fingerprint density at radius 1 is 1.04 bits per heavy atom. The number of rotatable bonds is 9. The number of benzene rings is 3. The van der Waals surface area contributed by atoms with Crippen LogP contribution >= 0.6 is 11.3 Å². The number of alkyl halides is 3. The Morgan fingerprint density at radius 2 is 1.76 bits per heavy atom. The zero-order valence-electron chi connectivity index (χ0n) is 24.7. The van der Waals surface area contributed by atoms with Crippen LogP contribution in [0, 0.1) is 13.8 Å². The fraction of sp³-hybridized carbons (Fsp3) is 0.219. The second-order valence-electron chi connectivity index (χ2n) is 10.5. The summed E-state index contributed by atoms with van der Waals surface area (Å²) < 4.78 is 59.5. The third-order valence-corrected chi connectivity index (χ3v) is 7.79. The molecule has 0 saturated carbocycles. The molecule has 13 heteroatoms. The van der Waals surface area contributed by atoms with Gasteiger partial charge in [0.25, 0.3) is 0 Å². The quantitative estimate of drug-likeness (QED) is 0.132. The molecule has 1 unspecified atom stereocenters. The Kier molecular flexibility index (Phi) is 9.21. The summed E-state index contributed by atoms with van der Waals surface area (Å²) in [6.45, 7) is 8.31. The molecule has 3 aromatic carbocycles. The Morgan fingerprint density at radius 3 is 2.42 bits per heavy atom. The first-order chi connectivity index (χ1) is 21.4. The molecule has 5 rings (SSSR count). The van der Waals surface area contributed by atoms with Gasteiger partial charge in [0.1, 0.15) is 17.9 Å². The van der Waals surface area contributed by atoms with Crippen LogP contribution in [0.5, 0.6) is 5.75 Å². The smallest absolute Gasteiger partial charge is 0.406 e. The van der Waals surface area contributed by atoms with Crippen molar-refractivity contribution in [2.24, 2.45) is 4.99 Å². The van der Waals surface area contributed by atoms with Crippen molar-refractivity contribution in [3.8, 4) is 28.5 Å². The maximum absolute atomic E-state index is 15.0. The van der Waals surface area contributed by atoms with Crippen molar-refractivity contribution in [3.63, 3.8) is 0 Å². The molecular formula is C32H30F4N6O2S. The first kappa shape index (κ1) is 31.7. The summed E-state index contributed by atoms with van der Waals surface area (Å²) in [6, 6.07) is 17.6. The van der Waals surface area contributed by atoms with Gasteiger partial charge in [-0.25, -0.2) is 19.0 Å². The molecule has 8 nitrogen and oxygen atoms in total. The van der Waals surface area contributed by atoms with Crippen LogP contribution in [0.25, 0.3) is 28.6 Å². The first-order valence-electron chi connectivity index (χ1n) is 13.9. The average molecular weight is 639 g/mol. The van der Waals surface area contributed by atoms with Crippen molar-refractivity contribution in [2.45, 2.75) is 46.3 Å². The fourth-order valence-corrected chi connectivity index (χ4v) is 5.75. The topological polar surface area (TPSA) is 89.5 Å². The van der Waals surface area contributed by atoms with Crippen molar-refractivity contribution in [1.29, 1.82) is 0 Å². The van der Waals surface area contributed by atoms with E-state index in [9.17, 15) is 22.7 Å². The number of aliphatic hydroxyl groups excluding tert-OH is 1. The second kappa shape index (κ2) is 13.1.